The number of carbonyl (C=O) groups excluding carboxylic acids is 1. The van der Waals surface area contributed by atoms with Crippen LogP contribution in [0.4, 0.5) is 0 Å². The first-order valence-electron chi connectivity index (χ1n) is 9.50. The number of amides is 1. The number of hydrogen-bond donors (Lipinski definition) is 0. The van der Waals surface area contributed by atoms with Gasteiger partial charge >= 0.3 is 0 Å². The normalized spacial score (nSPS) is 17.0. The molecule has 0 aliphatic carbocycles. The van der Waals surface area contributed by atoms with Gasteiger partial charge < -0.3 is 4.90 Å². The van der Waals surface area contributed by atoms with Crippen LogP contribution in [0, 0.1) is 20.8 Å². The summed E-state index contributed by atoms with van der Waals surface area (Å²) in [5, 5.41) is 0.931. The molecule has 3 aromatic heterocycles. The molecule has 0 unspecified atom stereocenters. The molecule has 144 valence electrons. The molecule has 6 nitrogen and oxygen atoms in total. The molecule has 28 heavy (non-hydrogen) atoms. The number of piperidine rings is 1. The number of thiazole rings is 1. The fourth-order valence-corrected chi connectivity index (χ4v) is 4.70. The fraction of sp³-hybridized carbons (Fsp3) is 0.381. The first-order valence-corrected chi connectivity index (χ1v) is 10.3. The molecule has 7 heteroatoms. The van der Waals surface area contributed by atoms with Gasteiger partial charge in [-0.3, -0.25) is 9.78 Å². The molecular formula is C21H23N5OS. The van der Waals surface area contributed by atoms with Crippen molar-refractivity contribution in [1.29, 1.82) is 0 Å². The van der Waals surface area contributed by atoms with Crippen molar-refractivity contribution in [1.82, 2.24) is 24.8 Å². The smallest absolute Gasteiger partial charge is 0.265 e. The molecule has 3 aromatic rings. The summed E-state index contributed by atoms with van der Waals surface area (Å²) in [6.45, 7) is 7.21. The fourth-order valence-electron chi connectivity index (χ4n) is 3.81. The Morgan fingerprint density at radius 3 is 2.68 bits per heavy atom. The minimum atomic E-state index is 0.0871. The third kappa shape index (κ3) is 3.67. The van der Waals surface area contributed by atoms with Crippen LogP contribution in [0.5, 0.6) is 0 Å². The van der Waals surface area contributed by atoms with E-state index in [1.165, 1.54) is 11.3 Å². The van der Waals surface area contributed by atoms with Crippen LogP contribution < -0.4 is 0 Å². The maximum absolute atomic E-state index is 13.1. The predicted octanol–water partition coefficient (Wildman–Crippen LogP) is 3.94. The van der Waals surface area contributed by atoms with Gasteiger partial charge in [-0.25, -0.2) is 15.0 Å². The van der Waals surface area contributed by atoms with E-state index in [0.29, 0.717) is 6.54 Å². The Balaban J connectivity index is 1.64. The second-order valence-corrected chi connectivity index (χ2v) is 8.39. The molecule has 0 radical (unpaired) electrons. The van der Waals surface area contributed by atoms with Gasteiger partial charge in [0.2, 0.25) is 0 Å². The molecule has 1 saturated heterocycles. The van der Waals surface area contributed by atoms with Gasteiger partial charge in [-0.15, -0.1) is 11.3 Å². The highest BCUT2D eigenvalue weighted by Crippen LogP contribution is 2.33. The molecule has 1 aliphatic rings. The predicted molar refractivity (Wildman–Crippen MR) is 109 cm³/mol. The van der Waals surface area contributed by atoms with Gasteiger partial charge in [-0.05, 0) is 51.3 Å². The zero-order valence-electron chi connectivity index (χ0n) is 16.3. The Bertz CT molecular complexity index is 1000. The van der Waals surface area contributed by atoms with E-state index in [1.807, 2.05) is 44.0 Å². The Labute approximate surface area is 168 Å². The molecular weight excluding hydrogens is 370 g/mol. The van der Waals surface area contributed by atoms with Gasteiger partial charge in [0, 0.05) is 43.2 Å². The van der Waals surface area contributed by atoms with Gasteiger partial charge in [-0.2, -0.15) is 0 Å². The number of pyridine rings is 1. The van der Waals surface area contributed by atoms with Gasteiger partial charge in [0.05, 0.1) is 16.4 Å². The average Bonchev–Trinajstić information content (AvgIpc) is 3.06. The van der Waals surface area contributed by atoms with E-state index in [0.717, 1.165) is 57.6 Å². The minimum Gasteiger partial charge on any atom is -0.337 e. The summed E-state index contributed by atoms with van der Waals surface area (Å²) in [6.07, 6.45) is 7.44. The summed E-state index contributed by atoms with van der Waals surface area (Å²) in [7, 11) is 0. The Morgan fingerprint density at radius 2 is 1.96 bits per heavy atom. The number of hydrogen-bond acceptors (Lipinski definition) is 6. The summed E-state index contributed by atoms with van der Waals surface area (Å²) < 4.78 is 0. The zero-order valence-corrected chi connectivity index (χ0v) is 17.2. The SMILES string of the molecule is Cc1ncc(-c2ccncc2)c([C@@H]2CCCN(C(=O)c3sc(C)nc3C)C2)n1. The van der Waals surface area contributed by atoms with Gasteiger partial charge in [-0.1, -0.05) is 0 Å². The quantitative estimate of drug-likeness (QED) is 0.674. The van der Waals surface area contributed by atoms with Gasteiger partial charge in [0.1, 0.15) is 10.7 Å². The van der Waals surface area contributed by atoms with Crippen LogP contribution in [0.3, 0.4) is 0 Å². The van der Waals surface area contributed by atoms with Crippen molar-refractivity contribution < 1.29 is 4.79 Å². The number of aromatic nitrogens is 4. The summed E-state index contributed by atoms with van der Waals surface area (Å²) in [4.78, 5) is 33.5. The van der Waals surface area contributed by atoms with Crippen LogP contribution in [0.25, 0.3) is 11.1 Å². The monoisotopic (exact) mass is 393 g/mol. The van der Waals surface area contributed by atoms with Crippen molar-refractivity contribution in [2.75, 3.05) is 13.1 Å². The molecule has 0 aromatic carbocycles. The Morgan fingerprint density at radius 1 is 1.18 bits per heavy atom. The van der Waals surface area contributed by atoms with E-state index < -0.39 is 0 Å². The van der Waals surface area contributed by atoms with Crippen LogP contribution in [0.2, 0.25) is 0 Å². The lowest BCUT2D eigenvalue weighted by atomic mass is 9.90. The van der Waals surface area contributed by atoms with Crippen molar-refractivity contribution >= 4 is 17.2 Å². The lowest BCUT2D eigenvalue weighted by molar-refractivity contribution is 0.0710. The third-order valence-electron chi connectivity index (χ3n) is 5.12. The van der Waals surface area contributed by atoms with Crippen LogP contribution in [-0.2, 0) is 0 Å². The minimum absolute atomic E-state index is 0.0871. The van der Waals surface area contributed by atoms with Crippen molar-refractivity contribution in [2.24, 2.45) is 0 Å². The van der Waals surface area contributed by atoms with E-state index in [4.69, 9.17) is 4.98 Å². The standard InChI is InChI=1S/C21H23N5OS/c1-13-20(28-15(3)24-13)21(27)26-10-4-5-17(12-26)19-18(11-23-14(2)25-19)16-6-8-22-9-7-16/h6-9,11,17H,4-5,10,12H2,1-3H3/t17-/m1/s1. The lowest BCUT2D eigenvalue weighted by Gasteiger charge is -2.33. The number of aryl methyl sites for hydroxylation is 3. The lowest BCUT2D eigenvalue weighted by Crippen LogP contribution is -2.39. The zero-order chi connectivity index (χ0) is 19.7. The number of carbonyl (C=O) groups is 1. The first-order chi connectivity index (χ1) is 13.5. The van der Waals surface area contributed by atoms with Gasteiger partial charge in [0.15, 0.2) is 0 Å². The third-order valence-corrected chi connectivity index (χ3v) is 6.18. The first kappa shape index (κ1) is 18.7. The average molecular weight is 394 g/mol. The summed E-state index contributed by atoms with van der Waals surface area (Å²) in [5.41, 5.74) is 3.93. The van der Waals surface area contributed by atoms with Crippen LogP contribution in [0.1, 0.15) is 50.7 Å². The number of rotatable bonds is 3. The molecule has 0 saturated carbocycles. The highest BCUT2D eigenvalue weighted by atomic mass is 32.1. The molecule has 1 fully saturated rings. The summed E-state index contributed by atoms with van der Waals surface area (Å²) in [6, 6.07) is 3.96. The summed E-state index contributed by atoms with van der Waals surface area (Å²) in [5.74, 6) is 1.03. The Kier molecular flexibility index (Phi) is 5.17. The van der Waals surface area contributed by atoms with Crippen molar-refractivity contribution in [3.8, 4) is 11.1 Å². The number of likely N-dealkylation sites (tertiary alicyclic amines) is 1. The van der Waals surface area contributed by atoms with E-state index in [1.54, 1.807) is 12.4 Å². The molecule has 0 N–H and O–H groups in total. The Hall–Kier alpha value is -2.67. The molecule has 1 amide bonds. The molecule has 1 atom stereocenters. The topological polar surface area (TPSA) is 71.9 Å². The molecule has 4 heterocycles. The number of nitrogens with zero attached hydrogens (tertiary/aromatic N) is 5. The molecule has 0 bridgehead atoms. The largest absolute Gasteiger partial charge is 0.337 e. The summed E-state index contributed by atoms with van der Waals surface area (Å²) >= 11 is 1.48. The molecule has 0 spiro atoms. The highest BCUT2D eigenvalue weighted by Gasteiger charge is 2.30. The maximum atomic E-state index is 13.1. The van der Waals surface area contributed by atoms with Crippen molar-refractivity contribution in [3.63, 3.8) is 0 Å². The maximum Gasteiger partial charge on any atom is 0.265 e. The van der Waals surface area contributed by atoms with E-state index in [-0.39, 0.29) is 11.8 Å². The second-order valence-electron chi connectivity index (χ2n) is 7.19. The van der Waals surface area contributed by atoms with Crippen LogP contribution in [-0.4, -0.2) is 43.8 Å². The second kappa shape index (κ2) is 7.75. The van der Waals surface area contributed by atoms with E-state index in [9.17, 15) is 4.79 Å². The molecule has 4 rings (SSSR count). The van der Waals surface area contributed by atoms with Crippen molar-refractivity contribution in [2.45, 2.75) is 39.5 Å². The van der Waals surface area contributed by atoms with E-state index >= 15 is 0 Å². The van der Waals surface area contributed by atoms with Crippen molar-refractivity contribution in [3.05, 3.63) is 57.8 Å². The van der Waals surface area contributed by atoms with Crippen LogP contribution >= 0.6 is 11.3 Å². The highest BCUT2D eigenvalue weighted by molar-refractivity contribution is 7.13. The van der Waals surface area contributed by atoms with Crippen LogP contribution in [0.15, 0.2) is 30.7 Å². The molecule has 1 aliphatic heterocycles. The van der Waals surface area contributed by atoms with E-state index in [2.05, 4.69) is 15.0 Å². The van der Waals surface area contributed by atoms with Gasteiger partial charge in [0.25, 0.3) is 5.91 Å².